The van der Waals surface area contributed by atoms with Crippen LogP contribution in [0.3, 0.4) is 0 Å². The molecule has 0 saturated carbocycles. The Bertz CT molecular complexity index is 1710. The Hall–Kier alpha value is -3.57. The Morgan fingerprint density at radius 3 is 2.47 bits per heavy atom. The molecule has 3 aromatic carbocycles. The van der Waals surface area contributed by atoms with Crippen molar-refractivity contribution in [3.05, 3.63) is 89.7 Å². The number of hydrogen-bond donors (Lipinski definition) is 1. The van der Waals surface area contributed by atoms with Gasteiger partial charge in [0.15, 0.2) is 0 Å². The van der Waals surface area contributed by atoms with Crippen LogP contribution < -0.4 is 5.32 Å². The number of carbonyl (C=O) groups is 1. The van der Waals surface area contributed by atoms with Crippen LogP contribution in [0.5, 0.6) is 0 Å². The molecule has 3 heterocycles. The van der Waals surface area contributed by atoms with Crippen LogP contribution in [0.15, 0.2) is 77.7 Å². The average Bonchev–Trinajstić information content (AvgIpc) is 3.28. The van der Waals surface area contributed by atoms with E-state index in [1.807, 2.05) is 86.1 Å². The summed E-state index contributed by atoms with van der Waals surface area (Å²) in [5, 5.41) is 3.01. The first-order chi connectivity index (χ1) is 20.6. The molecule has 1 spiro atoms. The van der Waals surface area contributed by atoms with Gasteiger partial charge in [-0.05, 0) is 69.0 Å². The number of nitrogens with one attached hydrogen (secondary N) is 1. The first-order valence-corrected chi connectivity index (χ1v) is 16.3. The van der Waals surface area contributed by atoms with Gasteiger partial charge in [-0.15, -0.1) is 0 Å². The molecule has 0 aliphatic carbocycles. The van der Waals surface area contributed by atoms with Crippen LogP contribution in [0.2, 0.25) is 0 Å². The third-order valence-corrected chi connectivity index (χ3v) is 10.8. The Kier molecular flexibility index (Phi) is 8.12. The summed E-state index contributed by atoms with van der Waals surface area (Å²) in [5.41, 5.74) is 4.11. The number of morpholine rings is 1. The van der Waals surface area contributed by atoms with E-state index in [2.05, 4.69) is 15.2 Å². The highest BCUT2D eigenvalue weighted by Crippen LogP contribution is 2.36. The molecule has 2 aliphatic rings. The van der Waals surface area contributed by atoms with Crippen molar-refractivity contribution >= 4 is 32.7 Å². The Labute approximate surface area is 253 Å². The predicted octanol–water partition coefficient (Wildman–Crippen LogP) is 4.30. The fourth-order valence-electron chi connectivity index (χ4n) is 6.21. The molecule has 226 valence electrons. The number of nitrogens with zero attached hydrogens (tertiary/aromatic N) is 4. The molecule has 9 nitrogen and oxygen atoms in total. The van der Waals surface area contributed by atoms with Gasteiger partial charge in [-0.1, -0.05) is 48.0 Å². The Morgan fingerprint density at radius 1 is 1.02 bits per heavy atom. The minimum absolute atomic E-state index is 0.0842. The molecule has 2 aliphatic heterocycles. The lowest BCUT2D eigenvalue weighted by molar-refractivity contribution is -0.139. The fourth-order valence-corrected chi connectivity index (χ4v) is 7.90. The summed E-state index contributed by atoms with van der Waals surface area (Å²) in [6.45, 7) is 6.09. The molecule has 4 aromatic rings. The first-order valence-electron chi connectivity index (χ1n) is 14.8. The number of anilines is 1. The maximum atomic E-state index is 14.0. The topological polar surface area (TPSA) is 96.8 Å². The van der Waals surface area contributed by atoms with E-state index in [-0.39, 0.29) is 18.5 Å². The molecule has 1 N–H and O–H groups in total. The average molecular weight is 602 g/mol. The van der Waals surface area contributed by atoms with Crippen molar-refractivity contribution in [3.63, 3.8) is 0 Å². The third-order valence-electron chi connectivity index (χ3n) is 8.90. The SMILES string of the molecule is Cc1ccc(S(=O)(=O)N2CC3(CCN(CC(=O)Nc4ccc5c(c4)nc(C)n5C)CC3)OC[C@H]2Cc2ccccc2)cc1. The van der Waals surface area contributed by atoms with Gasteiger partial charge in [-0.2, -0.15) is 4.31 Å². The summed E-state index contributed by atoms with van der Waals surface area (Å²) in [6.07, 6.45) is 1.88. The number of amides is 1. The van der Waals surface area contributed by atoms with Gasteiger partial charge >= 0.3 is 0 Å². The van der Waals surface area contributed by atoms with Crippen molar-refractivity contribution in [1.82, 2.24) is 18.8 Å². The van der Waals surface area contributed by atoms with Gasteiger partial charge in [-0.25, -0.2) is 13.4 Å². The molecule has 2 saturated heterocycles. The van der Waals surface area contributed by atoms with Crippen LogP contribution in [0, 0.1) is 13.8 Å². The van der Waals surface area contributed by atoms with Gasteiger partial charge in [-0.3, -0.25) is 9.69 Å². The number of rotatable bonds is 7. The van der Waals surface area contributed by atoms with E-state index in [4.69, 9.17) is 4.74 Å². The number of imidazole rings is 1. The van der Waals surface area contributed by atoms with Gasteiger partial charge < -0.3 is 14.6 Å². The van der Waals surface area contributed by atoms with Crippen molar-refractivity contribution in [2.24, 2.45) is 7.05 Å². The van der Waals surface area contributed by atoms with Crippen molar-refractivity contribution in [1.29, 1.82) is 0 Å². The highest BCUT2D eigenvalue weighted by atomic mass is 32.2. The molecule has 6 rings (SSSR count). The van der Waals surface area contributed by atoms with Crippen molar-refractivity contribution in [2.45, 2.75) is 49.6 Å². The smallest absolute Gasteiger partial charge is 0.243 e. The van der Waals surface area contributed by atoms with Crippen molar-refractivity contribution in [2.75, 3.05) is 38.1 Å². The number of likely N-dealkylation sites (tertiary alicyclic amines) is 1. The van der Waals surface area contributed by atoms with E-state index >= 15 is 0 Å². The zero-order valence-electron chi connectivity index (χ0n) is 25.0. The maximum Gasteiger partial charge on any atom is 0.243 e. The number of benzene rings is 3. The number of piperidine rings is 1. The first kappa shape index (κ1) is 29.5. The van der Waals surface area contributed by atoms with E-state index in [9.17, 15) is 13.2 Å². The maximum absolute atomic E-state index is 14.0. The fraction of sp³-hybridized carbons (Fsp3) is 0.394. The molecule has 0 radical (unpaired) electrons. The number of aryl methyl sites for hydroxylation is 3. The second-order valence-electron chi connectivity index (χ2n) is 11.9. The lowest BCUT2D eigenvalue weighted by Crippen LogP contribution is -2.62. The van der Waals surface area contributed by atoms with E-state index in [0.29, 0.717) is 50.4 Å². The lowest BCUT2D eigenvalue weighted by atomic mass is 9.88. The molecule has 10 heteroatoms. The molecule has 0 bridgehead atoms. The molecule has 0 unspecified atom stereocenters. The highest BCUT2D eigenvalue weighted by Gasteiger charge is 2.47. The summed E-state index contributed by atoms with van der Waals surface area (Å²) in [5.74, 6) is 0.835. The highest BCUT2D eigenvalue weighted by molar-refractivity contribution is 7.89. The molecular weight excluding hydrogens is 562 g/mol. The minimum atomic E-state index is -3.74. The normalized spacial score (nSPS) is 19.6. The van der Waals surface area contributed by atoms with Gasteiger partial charge in [0.2, 0.25) is 15.9 Å². The quantitative estimate of drug-likeness (QED) is 0.340. The second kappa shape index (κ2) is 11.8. The monoisotopic (exact) mass is 601 g/mol. The largest absolute Gasteiger partial charge is 0.372 e. The van der Waals surface area contributed by atoms with Crippen LogP contribution in [0.25, 0.3) is 11.0 Å². The number of carbonyl (C=O) groups excluding carboxylic acids is 1. The van der Waals surface area contributed by atoms with Gasteiger partial charge in [0.25, 0.3) is 0 Å². The number of sulfonamides is 1. The molecule has 1 atom stereocenters. The molecule has 2 fully saturated rings. The summed E-state index contributed by atoms with van der Waals surface area (Å²) < 4.78 is 38.2. The predicted molar refractivity (Wildman–Crippen MR) is 167 cm³/mol. The number of ether oxygens (including phenoxy) is 1. The van der Waals surface area contributed by atoms with Crippen LogP contribution in [-0.2, 0) is 33.0 Å². The summed E-state index contributed by atoms with van der Waals surface area (Å²) in [7, 11) is -1.76. The van der Waals surface area contributed by atoms with Crippen LogP contribution >= 0.6 is 0 Å². The Morgan fingerprint density at radius 2 is 1.74 bits per heavy atom. The molecule has 1 amide bonds. The minimum Gasteiger partial charge on any atom is -0.372 e. The Balaban J connectivity index is 1.12. The number of aromatic nitrogens is 2. The molecule has 43 heavy (non-hydrogen) atoms. The molecule has 1 aromatic heterocycles. The van der Waals surface area contributed by atoms with Gasteiger partial charge in [0, 0.05) is 32.4 Å². The van der Waals surface area contributed by atoms with Crippen LogP contribution in [-0.4, -0.2) is 77.5 Å². The molecular formula is C33H39N5O4S. The second-order valence-corrected chi connectivity index (χ2v) is 13.8. The third kappa shape index (κ3) is 6.24. The standard InChI is InChI=1S/C33H39N5O4S/c1-24-9-12-29(13-10-24)43(40,41)38-23-33(42-22-28(38)19-26-7-5-4-6-8-26)15-17-37(18-16-33)21-32(39)35-27-11-14-31-30(20-27)34-25(2)36(31)3/h4-14,20,28H,15-19,21-23H2,1-3H3,(H,35,39)/t28-/m1/s1. The summed E-state index contributed by atoms with van der Waals surface area (Å²) in [4.78, 5) is 19.9. The van der Waals surface area contributed by atoms with Crippen molar-refractivity contribution in [3.8, 4) is 0 Å². The van der Waals surface area contributed by atoms with E-state index in [0.717, 1.165) is 33.7 Å². The van der Waals surface area contributed by atoms with Crippen LogP contribution in [0.1, 0.15) is 29.8 Å². The zero-order chi connectivity index (χ0) is 30.2. The van der Waals surface area contributed by atoms with E-state index < -0.39 is 15.6 Å². The number of hydrogen-bond acceptors (Lipinski definition) is 6. The number of fused-ring (bicyclic) bond motifs is 1. The van der Waals surface area contributed by atoms with Crippen molar-refractivity contribution < 1.29 is 17.9 Å². The zero-order valence-corrected chi connectivity index (χ0v) is 25.8. The van der Waals surface area contributed by atoms with Crippen LogP contribution in [0.4, 0.5) is 5.69 Å². The lowest BCUT2D eigenvalue weighted by Gasteiger charge is -2.49. The summed E-state index contributed by atoms with van der Waals surface area (Å²) >= 11 is 0. The van der Waals surface area contributed by atoms with Gasteiger partial charge in [0.1, 0.15) is 5.82 Å². The van der Waals surface area contributed by atoms with Gasteiger partial charge in [0.05, 0.1) is 40.7 Å². The van der Waals surface area contributed by atoms with E-state index in [1.165, 1.54) is 0 Å². The van der Waals surface area contributed by atoms with E-state index in [1.54, 1.807) is 16.4 Å². The summed E-state index contributed by atoms with van der Waals surface area (Å²) in [6, 6.07) is 22.5.